The molecule has 52 valence electrons. The molecule has 0 heterocycles. The van der Waals surface area contributed by atoms with Crippen LogP contribution in [0.25, 0.3) is 0 Å². The molecular weight excluding hydrogens is 227 g/mol. The molecule has 0 saturated heterocycles. The predicted molar refractivity (Wildman–Crippen MR) is 44.6 cm³/mol. The van der Waals surface area contributed by atoms with E-state index in [-0.39, 0.29) is 6.10 Å². The second-order valence-corrected chi connectivity index (χ2v) is 4.62. The first-order chi connectivity index (χ1) is 4.30. The molecule has 2 aliphatic carbocycles. The Morgan fingerprint density at radius 1 is 1.33 bits per heavy atom. The molecule has 2 rings (SSSR count). The minimum Gasteiger partial charge on any atom is -0.393 e. The highest BCUT2D eigenvalue weighted by Crippen LogP contribution is 2.54. The maximum Gasteiger partial charge on any atom is 0.0581 e. The van der Waals surface area contributed by atoms with Gasteiger partial charge in [-0.2, -0.15) is 0 Å². The van der Waals surface area contributed by atoms with Crippen molar-refractivity contribution in [3.05, 3.63) is 0 Å². The van der Waals surface area contributed by atoms with Gasteiger partial charge >= 0.3 is 0 Å². The molecule has 2 heteroatoms. The van der Waals surface area contributed by atoms with Gasteiger partial charge in [-0.05, 0) is 18.8 Å². The molecule has 0 unspecified atom stereocenters. The summed E-state index contributed by atoms with van der Waals surface area (Å²) >= 11 is 2.47. The van der Waals surface area contributed by atoms with Crippen molar-refractivity contribution in [2.45, 2.75) is 29.3 Å². The second-order valence-electron chi connectivity index (χ2n) is 3.18. The van der Waals surface area contributed by atoms with Gasteiger partial charge in [-0.15, -0.1) is 0 Å². The lowest BCUT2D eigenvalue weighted by molar-refractivity contribution is 0.116. The maximum absolute atomic E-state index is 9.38. The minimum absolute atomic E-state index is 0.0469. The molecule has 0 radical (unpaired) electrons. The van der Waals surface area contributed by atoms with Crippen LogP contribution in [-0.4, -0.2) is 15.1 Å². The Balaban J connectivity index is 2.02. The Kier molecular flexibility index (Phi) is 1.49. The zero-order valence-electron chi connectivity index (χ0n) is 5.26. The summed E-state index contributed by atoms with van der Waals surface area (Å²) in [6.45, 7) is 0. The van der Waals surface area contributed by atoms with Gasteiger partial charge in [0.05, 0.1) is 6.10 Å². The van der Waals surface area contributed by atoms with Gasteiger partial charge in [0, 0.05) is 9.84 Å². The Bertz CT molecular complexity index is 120. The fraction of sp³-hybridized carbons (Fsp3) is 1.00. The molecule has 2 saturated carbocycles. The molecular formula is C7H11IO. The third kappa shape index (κ3) is 0.909. The summed E-state index contributed by atoms with van der Waals surface area (Å²) in [5, 5.41) is 9.38. The lowest BCUT2D eigenvalue weighted by Crippen LogP contribution is -2.14. The third-order valence-corrected chi connectivity index (χ3v) is 4.37. The molecule has 0 aromatic heterocycles. The lowest BCUT2D eigenvalue weighted by atomic mass is 9.98. The first-order valence-corrected chi connectivity index (χ1v) is 4.87. The smallest absolute Gasteiger partial charge is 0.0581 e. The van der Waals surface area contributed by atoms with E-state index in [0.717, 1.165) is 16.3 Å². The highest BCUT2D eigenvalue weighted by molar-refractivity contribution is 14.1. The summed E-state index contributed by atoms with van der Waals surface area (Å²) in [5.74, 6) is 1.56. The number of rotatable bonds is 0. The molecule has 0 aromatic carbocycles. The van der Waals surface area contributed by atoms with E-state index in [1.54, 1.807) is 0 Å². The molecule has 9 heavy (non-hydrogen) atoms. The zero-order valence-corrected chi connectivity index (χ0v) is 7.41. The zero-order chi connectivity index (χ0) is 6.43. The van der Waals surface area contributed by atoms with Gasteiger partial charge in [0.15, 0.2) is 0 Å². The van der Waals surface area contributed by atoms with E-state index in [9.17, 15) is 5.11 Å². The average molecular weight is 238 g/mol. The Morgan fingerprint density at radius 2 is 2.11 bits per heavy atom. The van der Waals surface area contributed by atoms with Crippen molar-refractivity contribution in [2.24, 2.45) is 11.8 Å². The third-order valence-electron chi connectivity index (χ3n) is 2.61. The Hall–Kier alpha value is 0.690. The SMILES string of the molecule is O[C@H]1CCC[C@H]2[C@@H](I)[C@H]21. The summed E-state index contributed by atoms with van der Waals surface area (Å²) in [7, 11) is 0. The number of aliphatic hydroxyl groups is 1. The van der Waals surface area contributed by atoms with Crippen LogP contribution in [0.2, 0.25) is 0 Å². The Labute approximate surface area is 69.0 Å². The van der Waals surface area contributed by atoms with Crippen LogP contribution in [0.5, 0.6) is 0 Å². The van der Waals surface area contributed by atoms with Gasteiger partial charge in [0.25, 0.3) is 0 Å². The highest BCUT2D eigenvalue weighted by atomic mass is 127. The number of aliphatic hydroxyl groups excluding tert-OH is 1. The van der Waals surface area contributed by atoms with Crippen molar-refractivity contribution in [3.8, 4) is 0 Å². The average Bonchev–Trinajstić information content (AvgIpc) is 2.45. The first-order valence-electron chi connectivity index (χ1n) is 3.63. The van der Waals surface area contributed by atoms with Crippen molar-refractivity contribution in [1.82, 2.24) is 0 Å². The van der Waals surface area contributed by atoms with Gasteiger partial charge in [0.1, 0.15) is 0 Å². The Morgan fingerprint density at radius 3 is 2.67 bits per heavy atom. The van der Waals surface area contributed by atoms with Crippen LogP contribution < -0.4 is 0 Å². The normalized spacial score (nSPS) is 56.7. The number of halogens is 1. The van der Waals surface area contributed by atoms with Gasteiger partial charge in [-0.1, -0.05) is 29.0 Å². The molecule has 2 fully saturated rings. The van der Waals surface area contributed by atoms with Crippen molar-refractivity contribution in [3.63, 3.8) is 0 Å². The van der Waals surface area contributed by atoms with Crippen LogP contribution in [-0.2, 0) is 0 Å². The van der Waals surface area contributed by atoms with Crippen molar-refractivity contribution in [1.29, 1.82) is 0 Å². The number of hydrogen-bond donors (Lipinski definition) is 1. The fourth-order valence-electron chi connectivity index (χ4n) is 1.96. The van der Waals surface area contributed by atoms with E-state index < -0.39 is 0 Å². The largest absolute Gasteiger partial charge is 0.393 e. The molecule has 4 atom stereocenters. The van der Waals surface area contributed by atoms with E-state index in [4.69, 9.17) is 0 Å². The summed E-state index contributed by atoms with van der Waals surface area (Å²) < 4.78 is 0.806. The van der Waals surface area contributed by atoms with Crippen LogP contribution >= 0.6 is 22.6 Å². The molecule has 0 spiro atoms. The van der Waals surface area contributed by atoms with E-state index in [1.165, 1.54) is 12.8 Å². The van der Waals surface area contributed by atoms with Crippen LogP contribution in [0, 0.1) is 11.8 Å². The van der Waals surface area contributed by atoms with E-state index in [1.807, 2.05) is 0 Å². The maximum atomic E-state index is 9.38. The van der Waals surface area contributed by atoms with Gasteiger partial charge < -0.3 is 5.11 Å². The standard InChI is InChI=1S/C7H11IO/c8-7-4-2-1-3-5(9)6(4)7/h4-7,9H,1-3H2/t4-,5+,6-,7-/m1/s1. The topological polar surface area (TPSA) is 20.2 Å². The van der Waals surface area contributed by atoms with E-state index in [0.29, 0.717) is 5.92 Å². The van der Waals surface area contributed by atoms with Crippen LogP contribution in [0.15, 0.2) is 0 Å². The number of fused-ring (bicyclic) bond motifs is 1. The van der Waals surface area contributed by atoms with E-state index >= 15 is 0 Å². The minimum atomic E-state index is 0.0469. The van der Waals surface area contributed by atoms with Crippen molar-refractivity contribution in [2.75, 3.05) is 0 Å². The summed E-state index contributed by atoms with van der Waals surface area (Å²) in [4.78, 5) is 0. The van der Waals surface area contributed by atoms with Crippen molar-refractivity contribution < 1.29 is 5.11 Å². The second kappa shape index (κ2) is 2.09. The fourth-order valence-corrected chi connectivity index (χ4v) is 3.57. The summed E-state index contributed by atoms with van der Waals surface area (Å²) in [6, 6.07) is 0. The molecule has 0 amide bonds. The van der Waals surface area contributed by atoms with E-state index in [2.05, 4.69) is 22.6 Å². The van der Waals surface area contributed by atoms with Crippen molar-refractivity contribution >= 4 is 22.6 Å². The molecule has 1 nitrogen and oxygen atoms in total. The van der Waals surface area contributed by atoms with Gasteiger partial charge in [-0.25, -0.2) is 0 Å². The predicted octanol–water partition coefficient (Wildman–Crippen LogP) is 1.58. The molecule has 2 aliphatic rings. The molecule has 0 aliphatic heterocycles. The van der Waals surface area contributed by atoms with Crippen LogP contribution in [0.3, 0.4) is 0 Å². The first kappa shape index (κ1) is 6.40. The lowest BCUT2D eigenvalue weighted by Gasteiger charge is -2.13. The monoisotopic (exact) mass is 238 g/mol. The highest BCUT2D eigenvalue weighted by Gasteiger charge is 2.53. The number of hydrogen-bond acceptors (Lipinski definition) is 1. The molecule has 0 aromatic rings. The van der Waals surface area contributed by atoms with Gasteiger partial charge in [-0.3, -0.25) is 0 Å². The van der Waals surface area contributed by atoms with Gasteiger partial charge in [0.2, 0.25) is 0 Å². The summed E-state index contributed by atoms with van der Waals surface area (Å²) in [5.41, 5.74) is 0. The molecule has 0 bridgehead atoms. The quantitative estimate of drug-likeness (QED) is 0.501. The molecule has 1 N–H and O–H groups in total. The van der Waals surface area contributed by atoms with Crippen LogP contribution in [0.4, 0.5) is 0 Å². The summed E-state index contributed by atoms with van der Waals surface area (Å²) in [6.07, 6.45) is 3.73. The number of alkyl halides is 1. The van der Waals surface area contributed by atoms with Crippen LogP contribution in [0.1, 0.15) is 19.3 Å².